The number of hydrogen-bond acceptors (Lipinski definition) is 4. The average molecular weight is 368 g/mol. The molecular formula is C21H24N2O4. The lowest BCUT2D eigenvalue weighted by molar-refractivity contribution is -0.119. The van der Waals surface area contributed by atoms with Crippen LogP contribution in [0.15, 0.2) is 36.4 Å². The number of hydrogen-bond donors (Lipinski definition) is 1. The maximum atomic E-state index is 12.9. The average Bonchev–Trinajstić information content (AvgIpc) is 2.70. The van der Waals surface area contributed by atoms with Gasteiger partial charge in [-0.2, -0.15) is 0 Å². The Morgan fingerprint density at radius 3 is 2.26 bits per heavy atom. The van der Waals surface area contributed by atoms with Crippen LogP contribution in [-0.4, -0.2) is 37.5 Å². The summed E-state index contributed by atoms with van der Waals surface area (Å²) >= 11 is 0. The third-order valence-electron chi connectivity index (χ3n) is 4.75. The van der Waals surface area contributed by atoms with Gasteiger partial charge in [0.1, 0.15) is 0 Å². The highest BCUT2D eigenvalue weighted by Crippen LogP contribution is 2.33. The Labute approximate surface area is 159 Å². The molecule has 0 saturated heterocycles. The number of carbonyl (C=O) groups excluding carboxylic acids is 2. The molecule has 0 spiro atoms. The highest BCUT2D eigenvalue weighted by Gasteiger charge is 2.23. The predicted molar refractivity (Wildman–Crippen MR) is 102 cm³/mol. The van der Waals surface area contributed by atoms with Crippen LogP contribution in [-0.2, 0) is 24.3 Å². The molecule has 1 aliphatic heterocycles. The van der Waals surface area contributed by atoms with E-state index < -0.39 is 0 Å². The molecule has 6 nitrogen and oxygen atoms in total. The first kappa shape index (κ1) is 18.8. The van der Waals surface area contributed by atoms with Crippen molar-refractivity contribution < 1.29 is 19.1 Å². The van der Waals surface area contributed by atoms with Crippen molar-refractivity contribution in [3.63, 3.8) is 0 Å². The van der Waals surface area contributed by atoms with Gasteiger partial charge in [0, 0.05) is 32.1 Å². The van der Waals surface area contributed by atoms with E-state index in [0.29, 0.717) is 36.7 Å². The van der Waals surface area contributed by atoms with Crippen molar-refractivity contribution in [1.29, 1.82) is 0 Å². The molecule has 3 rings (SSSR count). The SMILES string of the molecule is COc1cc2c(cc1OC)CN(C(=O)c1ccc(CNC(C)=O)cc1)CC2. The number of fused-ring (bicyclic) bond motifs is 1. The molecule has 0 saturated carbocycles. The number of nitrogens with one attached hydrogen (secondary N) is 1. The summed E-state index contributed by atoms with van der Waals surface area (Å²) in [5.74, 6) is 1.31. The first-order valence-electron chi connectivity index (χ1n) is 8.88. The van der Waals surface area contributed by atoms with E-state index in [1.54, 1.807) is 14.2 Å². The Kier molecular flexibility index (Phi) is 5.64. The van der Waals surface area contributed by atoms with E-state index in [4.69, 9.17) is 9.47 Å². The number of methoxy groups -OCH3 is 2. The molecule has 0 aromatic heterocycles. The number of rotatable bonds is 5. The molecule has 2 amide bonds. The molecular weight excluding hydrogens is 344 g/mol. The van der Waals surface area contributed by atoms with Gasteiger partial charge in [-0.15, -0.1) is 0 Å². The van der Waals surface area contributed by atoms with Crippen LogP contribution < -0.4 is 14.8 Å². The monoisotopic (exact) mass is 368 g/mol. The Morgan fingerprint density at radius 2 is 1.67 bits per heavy atom. The van der Waals surface area contributed by atoms with Gasteiger partial charge in [0.05, 0.1) is 14.2 Å². The second-order valence-corrected chi connectivity index (χ2v) is 6.56. The Hall–Kier alpha value is -3.02. The number of nitrogens with zero attached hydrogens (tertiary/aromatic N) is 1. The Morgan fingerprint density at radius 1 is 1.04 bits per heavy atom. The minimum Gasteiger partial charge on any atom is -0.493 e. The van der Waals surface area contributed by atoms with Crippen LogP contribution in [0.2, 0.25) is 0 Å². The third-order valence-corrected chi connectivity index (χ3v) is 4.75. The molecule has 2 aromatic rings. The number of ether oxygens (including phenoxy) is 2. The summed E-state index contributed by atoms with van der Waals surface area (Å²) in [4.78, 5) is 25.7. The van der Waals surface area contributed by atoms with Crippen molar-refractivity contribution in [1.82, 2.24) is 10.2 Å². The first-order valence-corrected chi connectivity index (χ1v) is 8.88. The van der Waals surface area contributed by atoms with Gasteiger partial charge in [0.2, 0.25) is 5.91 Å². The lowest BCUT2D eigenvalue weighted by Crippen LogP contribution is -2.36. The smallest absolute Gasteiger partial charge is 0.254 e. The summed E-state index contributed by atoms with van der Waals surface area (Å²) in [5.41, 5.74) is 3.87. The van der Waals surface area contributed by atoms with Gasteiger partial charge in [-0.05, 0) is 47.4 Å². The maximum Gasteiger partial charge on any atom is 0.254 e. The molecule has 0 atom stereocenters. The van der Waals surface area contributed by atoms with Crippen LogP contribution in [0.5, 0.6) is 11.5 Å². The zero-order chi connectivity index (χ0) is 19.4. The van der Waals surface area contributed by atoms with Crippen LogP contribution >= 0.6 is 0 Å². The van der Waals surface area contributed by atoms with E-state index in [9.17, 15) is 9.59 Å². The highest BCUT2D eigenvalue weighted by atomic mass is 16.5. The predicted octanol–water partition coefficient (Wildman–Crippen LogP) is 2.54. The van der Waals surface area contributed by atoms with Crippen molar-refractivity contribution in [2.24, 2.45) is 0 Å². The maximum absolute atomic E-state index is 12.9. The van der Waals surface area contributed by atoms with Crippen LogP contribution in [0.3, 0.4) is 0 Å². The van der Waals surface area contributed by atoms with E-state index in [-0.39, 0.29) is 11.8 Å². The van der Waals surface area contributed by atoms with Crippen molar-refractivity contribution in [2.45, 2.75) is 26.4 Å². The van der Waals surface area contributed by atoms with Gasteiger partial charge in [-0.3, -0.25) is 9.59 Å². The molecule has 1 N–H and O–H groups in total. The lowest BCUT2D eigenvalue weighted by atomic mass is 9.98. The Bertz CT molecular complexity index is 846. The minimum atomic E-state index is -0.0748. The van der Waals surface area contributed by atoms with E-state index in [0.717, 1.165) is 17.5 Å². The van der Waals surface area contributed by atoms with Gasteiger partial charge in [0.25, 0.3) is 5.91 Å². The molecule has 0 unspecified atom stereocenters. The van der Waals surface area contributed by atoms with Gasteiger partial charge >= 0.3 is 0 Å². The van der Waals surface area contributed by atoms with Crippen molar-refractivity contribution in [2.75, 3.05) is 20.8 Å². The summed E-state index contributed by atoms with van der Waals surface area (Å²) in [6.07, 6.45) is 0.780. The summed E-state index contributed by atoms with van der Waals surface area (Å²) < 4.78 is 10.7. The van der Waals surface area contributed by atoms with Crippen LogP contribution in [0.4, 0.5) is 0 Å². The molecule has 1 heterocycles. The first-order chi connectivity index (χ1) is 13.0. The van der Waals surface area contributed by atoms with Crippen LogP contribution in [0.25, 0.3) is 0 Å². The quantitative estimate of drug-likeness (QED) is 0.881. The summed E-state index contributed by atoms with van der Waals surface area (Å²) in [7, 11) is 3.23. The molecule has 0 fully saturated rings. The fourth-order valence-corrected chi connectivity index (χ4v) is 3.23. The molecule has 0 radical (unpaired) electrons. The van der Waals surface area contributed by atoms with Crippen molar-refractivity contribution in [3.8, 4) is 11.5 Å². The zero-order valence-corrected chi connectivity index (χ0v) is 15.9. The molecule has 1 aliphatic rings. The summed E-state index contributed by atoms with van der Waals surface area (Å²) in [6.45, 7) is 3.15. The highest BCUT2D eigenvalue weighted by molar-refractivity contribution is 5.94. The second-order valence-electron chi connectivity index (χ2n) is 6.56. The van der Waals surface area contributed by atoms with Crippen LogP contribution in [0, 0.1) is 0 Å². The van der Waals surface area contributed by atoms with Gasteiger partial charge < -0.3 is 19.7 Å². The topological polar surface area (TPSA) is 67.9 Å². The standard InChI is InChI=1S/C21H24N2O4/c1-14(24)22-12-15-4-6-16(7-5-15)21(25)23-9-8-17-10-19(26-2)20(27-3)11-18(17)13-23/h4-7,10-11H,8-9,12-13H2,1-3H3,(H,22,24). The lowest BCUT2D eigenvalue weighted by Gasteiger charge is -2.29. The van der Waals surface area contributed by atoms with Gasteiger partial charge in [-0.25, -0.2) is 0 Å². The van der Waals surface area contributed by atoms with Crippen molar-refractivity contribution >= 4 is 11.8 Å². The normalized spacial score (nSPS) is 12.9. The van der Waals surface area contributed by atoms with Gasteiger partial charge in [0.15, 0.2) is 11.5 Å². The second kappa shape index (κ2) is 8.12. The number of carbonyl (C=O) groups is 2. The zero-order valence-electron chi connectivity index (χ0n) is 15.9. The molecule has 0 bridgehead atoms. The largest absolute Gasteiger partial charge is 0.493 e. The molecule has 6 heteroatoms. The summed E-state index contributed by atoms with van der Waals surface area (Å²) in [5, 5.41) is 2.75. The number of benzene rings is 2. The van der Waals surface area contributed by atoms with Crippen LogP contribution in [0.1, 0.15) is 34.0 Å². The van der Waals surface area contributed by atoms with E-state index in [1.165, 1.54) is 12.5 Å². The molecule has 0 aliphatic carbocycles. The molecule has 142 valence electrons. The summed E-state index contributed by atoms with van der Waals surface area (Å²) in [6, 6.07) is 11.3. The third kappa shape index (κ3) is 4.22. The minimum absolute atomic E-state index is 0.00140. The Balaban J connectivity index is 1.72. The molecule has 27 heavy (non-hydrogen) atoms. The van der Waals surface area contributed by atoms with Gasteiger partial charge in [-0.1, -0.05) is 12.1 Å². The van der Waals surface area contributed by atoms with E-state index in [1.807, 2.05) is 41.3 Å². The van der Waals surface area contributed by atoms with E-state index in [2.05, 4.69) is 5.32 Å². The number of amides is 2. The van der Waals surface area contributed by atoms with E-state index >= 15 is 0 Å². The van der Waals surface area contributed by atoms with Crippen molar-refractivity contribution in [3.05, 3.63) is 58.7 Å². The fourth-order valence-electron chi connectivity index (χ4n) is 3.23. The fraction of sp³-hybridized carbons (Fsp3) is 0.333. The molecule has 2 aromatic carbocycles.